The van der Waals surface area contributed by atoms with E-state index in [0.717, 1.165) is 11.1 Å². The summed E-state index contributed by atoms with van der Waals surface area (Å²) in [6.07, 6.45) is 3.53. The number of halogens is 1. The Morgan fingerprint density at radius 1 is 1.05 bits per heavy atom. The molecule has 0 bridgehead atoms. The van der Waals surface area contributed by atoms with Gasteiger partial charge in [0, 0.05) is 17.1 Å². The van der Waals surface area contributed by atoms with Gasteiger partial charge in [0.25, 0.3) is 5.91 Å². The van der Waals surface area contributed by atoms with Crippen LogP contribution in [0.1, 0.15) is 21.7 Å². The van der Waals surface area contributed by atoms with Gasteiger partial charge in [-0.15, -0.1) is 16.4 Å². The third kappa shape index (κ3) is 4.96. The van der Waals surface area contributed by atoms with Gasteiger partial charge in [0.05, 0.1) is 46.3 Å². The van der Waals surface area contributed by atoms with Crippen molar-refractivity contribution >= 4 is 22.2 Å². The summed E-state index contributed by atoms with van der Waals surface area (Å²) in [7, 11) is 4.67. The number of carbonyl (C=O) groups is 1. The number of nitrogens with zero attached hydrogens (tertiary/aromatic N) is 5. The third-order valence-corrected chi connectivity index (χ3v) is 6.51. The SMILES string of the molecule is COc1cc(Cn2cc(CNC(=O)c3csc4nc(-c5ccc(F)cc5)cn34)nn2)cc(OC)c1OC. The number of hydrogen-bond donors (Lipinski definition) is 1. The van der Waals surface area contributed by atoms with Crippen LogP contribution in [0.4, 0.5) is 4.39 Å². The highest BCUT2D eigenvalue weighted by Gasteiger charge is 2.17. The predicted octanol–water partition coefficient (Wildman–Crippen LogP) is 3.80. The van der Waals surface area contributed by atoms with Gasteiger partial charge in [0.15, 0.2) is 16.5 Å². The summed E-state index contributed by atoms with van der Waals surface area (Å²) in [6.45, 7) is 0.620. The number of ether oxygens (including phenoxy) is 3. The lowest BCUT2D eigenvalue weighted by Crippen LogP contribution is -2.24. The molecule has 0 aliphatic heterocycles. The van der Waals surface area contributed by atoms with Gasteiger partial charge in [-0.05, 0) is 42.0 Å². The van der Waals surface area contributed by atoms with Crippen molar-refractivity contribution in [2.45, 2.75) is 13.1 Å². The fourth-order valence-electron chi connectivity index (χ4n) is 3.88. The zero-order chi connectivity index (χ0) is 25.9. The molecule has 0 atom stereocenters. The van der Waals surface area contributed by atoms with E-state index in [4.69, 9.17) is 14.2 Å². The number of methoxy groups -OCH3 is 3. The molecule has 0 saturated heterocycles. The Balaban J connectivity index is 1.26. The van der Waals surface area contributed by atoms with E-state index in [2.05, 4.69) is 20.6 Å². The van der Waals surface area contributed by atoms with E-state index in [1.54, 1.807) is 60.3 Å². The van der Waals surface area contributed by atoms with Crippen LogP contribution in [-0.2, 0) is 13.1 Å². The van der Waals surface area contributed by atoms with Crippen molar-refractivity contribution in [2.75, 3.05) is 21.3 Å². The molecule has 0 aliphatic carbocycles. The maximum absolute atomic E-state index is 13.2. The molecule has 0 aliphatic rings. The first kappa shape index (κ1) is 24.3. The highest BCUT2D eigenvalue weighted by atomic mass is 32.1. The van der Waals surface area contributed by atoms with Gasteiger partial charge in [-0.3, -0.25) is 9.20 Å². The molecule has 10 nitrogen and oxygen atoms in total. The molecular weight excluding hydrogens is 499 g/mol. The minimum Gasteiger partial charge on any atom is -0.493 e. The lowest BCUT2D eigenvalue weighted by atomic mass is 10.2. The highest BCUT2D eigenvalue weighted by Crippen LogP contribution is 2.38. The standard InChI is InChI=1S/C25H23FN6O4S/c1-34-21-8-15(9-22(35-2)23(21)36-3)11-31-12-18(29-30-31)10-27-24(33)20-14-37-25-28-19(13-32(20)25)16-4-6-17(26)7-5-16/h4-9,12-14H,10-11H2,1-3H3,(H,27,33). The lowest BCUT2D eigenvalue weighted by molar-refractivity contribution is 0.0945. The number of benzene rings is 2. The molecule has 1 N–H and O–H groups in total. The van der Waals surface area contributed by atoms with E-state index in [-0.39, 0.29) is 18.3 Å². The highest BCUT2D eigenvalue weighted by molar-refractivity contribution is 7.15. The van der Waals surface area contributed by atoms with E-state index in [1.165, 1.54) is 23.5 Å². The third-order valence-electron chi connectivity index (χ3n) is 5.67. The van der Waals surface area contributed by atoms with Crippen molar-refractivity contribution < 1.29 is 23.4 Å². The van der Waals surface area contributed by atoms with Crippen molar-refractivity contribution in [1.29, 1.82) is 0 Å². The normalized spacial score (nSPS) is 11.0. The van der Waals surface area contributed by atoms with Crippen LogP contribution in [0, 0.1) is 5.82 Å². The molecule has 5 rings (SSSR count). The Morgan fingerprint density at radius 2 is 1.78 bits per heavy atom. The van der Waals surface area contributed by atoms with Crippen LogP contribution >= 0.6 is 11.3 Å². The minimum absolute atomic E-state index is 0.199. The second-order valence-corrected chi connectivity index (χ2v) is 8.87. The van der Waals surface area contributed by atoms with Crippen LogP contribution in [-0.4, -0.2) is 51.6 Å². The van der Waals surface area contributed by atoms with Crippen molar-refractivity contribution in [2.24, 2.45) is 0 Å². The number of amides is 1. The van der Waals surface area contributed by atoms with Gasteiger partial charge < -0.3 is 19.5 Å². The van der Waals surface area contributed by atoms with E-state index in [9.17, 15) is 9.18 Å². The van der Waals surface area contributed by atoms with E-state index in [0.29, 0.717) is 45.8 Å². The minimum atomic E-state index is -0.315. The Labute approximate surface area is 215 Å². The number of thiazole rings is 1. The summed E-state index contributed by atoms with van der Waals surface area (Å²) in [5.74, 6) is 1.03. The zero-order valence-electron chi connectivity index (χ0n) is 20.3. The topological polar surface area (TPSA) is 105 Å². The summed E-state index contributed by atoms with van der Waals surface area (Å²) >= 11 is 1.35. The number of hydrogen-bond acceptors (Lipinski definition) is 8. The maximum atomic E-state index is 13.2. The number of nitrogens with one attached hydrogen (secondary N) is 1. The number of rotatable bonds is 9. The van der Waals surface area contributed by atoms with Gasteiger partial charge >= 0.3 is 0 Å². The zero-order valence-corrected chi connectivity index (χ0v) is 21.1. The molecule has 0 saturated carbocycles. The summed E-state index contributed by atoms with van der Waals surface area (Å²) in [6, 6.07) is 9.76. The molecule has 37 heavy (non-hydrogen) atoms. The fraction of sp³-hybridized carbons (Fsp3) is 0.200. The number of carbonyl (C=O) groups excluding carboxylic acids is 1. The quantitative estimate of drug-likeness (QED) is 0.314. The summed E-state index contributed by atoms with van der Waals surface area (Å²) in [5, 5.41) is 12.9. The first-order valence-electron chi connectivity index (χ1n) is 11.2. The molecule has 3 aromatic heterocycles. The Kier molecular flexibility index (Phi) is 6.73. The molecule has 0 unspecified atom stereocenters. The average molecular weight is 523 g/mol. The van der Waals surface area contributed by atoms with E-state index >= 15 is 0 Å². The van der Waals surface area contributed by atoms with Gasteiger partial charge in [-0.1, -0.05) is 5.21 Å². The lowest BCUT2D eigenvalue weighted by Gasteiger charge is -2.14. The molecule has 190 valence electrons. The molecule has 5 aromatic rings. The van der Waals surface area contributed by atoms with Crippen molar-refractivity contribution in [3.8, 4) is 28.5 Å². The number of fused-ring (bicyclic) bond motifs is 1. The predicted molar refractivity (Wildman–Crippen MR) is 135 cm³/mol. The van der Waals surface area contributed by atoms with Crippen LogP contribution in [0.3, 0.4) is 0 Å². The fourth-order valence-corrected chi connectivity index (χ4v) is 4.73. The van der Waals surface area contributed by atoms with Crippen LogP contribution in [0.2, 0.25) is 0 Å². The largest absolute Gasteiger partial charge is 0.493 e. The van der Waals surface area contributed by atoms with Crippen LogP contribution < -0.4 is 19.5 Å². The summed E-state index contributed by atoms with van der Waals surface area (Å²) < 4.78 is 32.8. The van der Waals surface area contributed by atoms with Crippen molar-refractivity contribution in [3.63, 3.8) is 0 Å². The number of imidazole rings is 1. The number of aromatic nitrogens is 5. The molecular formula is C25H23FN6O4S. The van der Waals surface area contributed by atoms with Crippen molar-refractivity contribution in [1.82, 2.24) is 29.7 Å². The van der Waals surface area contributed by atoms with E-state index in [1.807, 2.05) is 12.1 Å². The Morgan fingerprint density at radius 3 is 2.46 bits per heavy atom. The molecule has 12 heteroatoms. The van der Waals surface area contributed by atoms with Crippen LogP contribution in [0.5, 0.6) is 17.2 Å². The average Bonchev–Trinajstić information content (AvgIpc) is 3.63. The molecule has 1 amide bonds. The monoisotopic (exact) mass is 522 g/mol. The second kappa shape index (κ2) is 10.3. The molecule has 0 spiro atoms. The van der Waals surface area contributed by atoms with Gasteiger partial charge in [-0.25, -0.2) is 14.1 Å². The Bertz CT molecular complexity index is 1530. The summed E-state index contributed by atoms with van der Waals surface area (Å²) in [5.41, 5.74) is 3.37. The second-order valence-electron chi connectivity index (χ2n) is 8.03. The van der Waals surface area contributed by atoms with Crippen molar-refractivity contribution in [3.05, 3.63) is 76.9 Å². The molecule has 3 heterocycles. The maximum Gasteiger partial charge on any atom is 0.269 e. The van der Waals surface area contributed by atoms with Gasteiger partial charge in [0.1, 0.15) is 17.2 Å². The van der Waals surface area contributed by atoms with E-state index < -0.39 is 0 Å². The molecule has 2 aromatic carbocycles. The van der Waals surface area contributed by atoms with Gasteiger partial charge in [0.2, 0.25) is 5.75 Å². The summed E-state index contributed by atoms with van der Waals surface area (Å²) in [4.78, 5) is 18.1. The molecule has 0 fully saturated rings. The smallest absolute Gasteiger partial charge is 0.269 e. The Hall–Kier alpha value is -4.45. The first-order chi connectivity index (χ1) is 18.0. The molecule has 0 radical (unpaired) electrons. The van der Waals surface area contributed by atoms with Crippen LogP contribution in [0.25, 0.3) is 16.2 Å². The van der Waals surface area contributed by atoms with Crippen LogP contribution in [0.15, 0.2) is 54.2 Å². The van der Waals surface area contributed by atoms with Gasteiger partial charge in [-0.2, -0.15) is 0 Å². The first-order valence-corrected chi connectivity index (χ1v) is 12.1.